The molecule has 0 bridgehead atoms. The Morgan fingerprint density at radius 3 is 2.64 bits per heavy atom. The van der Waals surface area contributed by atoms with E-state index >= 15 is 0 Å². The van der Waals surface area contributed by atoms with Gasteiger partial charge in [-0.25, -0.2) is 9.69 Å². The number of imide groups is 1. The minimum absolute atomic E-state index is 0.0753. The molecule has 1 fully saturated rings. The van der Waals surface area contributed by atoms with E-state index < -0.39 is 24.5 Å². The van der Waals surface area contributed by atoms with Gasteiger partial charge in [0.1, 0.15) is 12.2 Å². The van der Waals surface area contributed by atoms with E-state index in [1.807, 2.05) is 30.5 Å². The van der Waals surface area contributed by atoms with E-state index in [1.165, 1.54) is 7.11 Å². The van der Waals surface area contributed by atoms with Crippen molar-refractivity contribution >= 4 is 47.2 Å². The summed E-state index contributed by atoms with van der Waals surface area (Å²) in [7, 11) is 1.19. The molecule has 0 aliphatic carbocycles. The summed E-state index contributed by atoms with van der Waals surface area (Å²) in [6.45, 7) is 3.31. The number of methoxy groups -OCH3 is 1. The number of amides is 3. The van der Waals surface area contributed by atoms with Gasteiger partial charge in [-0.05, 0) is 43.7 Å². The van der Waals surface area contributed by atoms with E-state index in [2.05, 4.69) is 10.1 Å². The quantitative estimate of drug-likeness (QED) is 0.465. The van der Waals surface area contributed by atoms with Crippen LogP contribution in [0, 0.1) is 13.8 Å². The van der Waals surface area contributed by atoms with E-state index in [0.717, 1.165) is 21.9 Å². The third kappa shape index (κ3) is 3.50. The van der Waals surface area contributed by atoms with Gasteiger partial charge in [-0.15, -0.1) is 0 Å². The molecular weight excluding hydrogens is 405 g/mol. The zero-order chi connectivity index (χ0) is 20.6. The standard InChI is InChI=1S/C19H17Cl2N3O4/c1-10-7-12(11(2)24(10)15-6-4-5-13(20)17(15)21)8-14-18(26)23(19(27)22-14)9-16(25)28-3/h4-8H,9H2,1-3H3,(H,22,27). The van der Waals surface area contributed by atoms with Gasteiger partial charge < -0.3 is 14.6 Å². The van der Waals surface area contributed by atoms with Crippen LogP contribution in [0.1, 0.15) is 17.0 Å². The molecule has 0 saturated carbocycles. The maximum atomic E-state index is 12.5. The van der Waals surface area contributed by atoms with Gasteiger partial charge in [0, 0.05) is 11.4 Å². The van der Waals surface area contributed by atoms with Crippen LogP contribution in [0.3, 0.4) is 0 Å². The maximum absolute atomic E-state index is 12.5. The largest absolute Gasteiger partial charge is 0.468 e. The fourth-order valence-corrected chi connectivity index (χ4v) is 3.41. The molecule has 146 valence electrons. The lowest BCUT2D eigenvalue weighted by Crippen LogP contribution is -2.36. The van der Waals surface area contributed by atoms with Gasteiger partial charge in [0.05, 0.1) is 22.8 Å². The molecule has 3 amide bonds. The Labute approximate surface area is 171 Å². The molecule has 0 atom stereocenters. The van der Waals surface area contributed by atoms with Crippen molar-refractivity contribution < 1.29 is 19.1 Å². The Morgan fingerprint density at radius 1 is 1.25 bits per heavy atom. The Hall–Kier alpha value is -2.77. The van der Waals surface area contributed by atoms with Crippen molar-refractivity contribution in [2.75, 3.05) is 13.7 Å². The molecule has 1 aliphatic heterocycles. The van der Waals surface area contributed by atoms with E-state index in [-0.39, 0.29) is 5.70 Å². The molecule has 3 rings (SSSR count). The highest BCUT2D eigenvalue weighted by Gasteiger charge is 2.35. The predicted molar refractivity (Wildman–Crippen MR) is 106 cm³/mol. The lowest BCUT2D eigenvalue weighted by Gasteiger charge is -2.12. The molecule has 2 heterocycles. The van der Waals surface area contributed by atoms with Crippen molar-refractivity contribution in [2.24, 2.45) is 0 Å². The average molecular weight is 422 g/mol. The number of ether oxygens (including phenoxy) is 1. The van der Waals surface area contributed by atoms with Gasteiger partial charge in [0.2, 0.25) is 0 Å². The number of nitrogens with one attached hydrogen (secondary N) is 1. The predicted octanol–water partition coefficient (Wildman–Crippen LogP) is 3.47. The highest BCUT2D eigenvalue weighted by atomic mass is 35.5. The zero-order valence-electron chi connectivity index (χ0n) is 15.4. The summed E-state index contributed by atoms with van der Waals surface area (Å²) in [5, 5.41) is 3.33. The Balaban J connectivity index is 1.98. The number of carbonyl (C=O) groups is 3. The molecule has 28 heavy (non-hydrogen) atoms. The van der Waals surface area contributed by atoms with Gasteiger partial charge in [0.15, 0.2) is 0 Å². The minimum Gasteiger partial charge on any atom is -0.468 e. The number of hydrogen-bond donors (Lipinski definition) is 1. The van der Waals surface area contributed by atoms with Crippen molar-refractivity contribution in [3.05, 3.63) is 57.0 Å². The Morgan fingerprint density at radius 2 is 1.96 bits per heavy atom. The van der Waals surface area contributed by atoms with Crippen LogP contribution in [0.25, 0.3) is 11.8 Å². The van der Waals surface area contributed by atoms with E-state index in [4.69, 9.17) is 23.2 Å². The third-order valence-corrected chi connectivity index (χ3v) is 5.23. The first-order valence-electron chi connectivity index (χ1n) is 8.29. The van der Waals surface area contributed by atoms with Crippen molar-refractivity contribution in [1.82, 2.24) is 14.8 Å². The summed E-state index contributed by atoms with van der Waals surface area (Å²) < 4.78 is 6.42. The van der Waals surface area contributed by atoms with E-state index in [1.54, 1.807) is 18.2 Å². The van der Waals surface area contributed by atoms with Gasteiger partial charge in [-0.3, -0.25) is 9.59 Å². The van der Waals surface area contributed by atoms with Gasteiger partial charge in [0.25, 0.3) is 5.91 Å². The van der Waals surface area contributed by atoms with Crippen LogP contribution in [-0.2, 0) is 14.3 Å². The average Bonchev–Trinajstić information content (AvgIpc) is 3.07. The summed E-state index contributed by atoms with van der Waals surface area (Å²) in [5.74, 6) is -1.28. The molecule has 1 aromatic carbocycles. The van der Waals surface area contributed by atoms with Gasteiger partial charge in [-0.1, -0.05) is 29.3 Å². The fraction of sp³-hybridized carbons (Fsp3) is 0.211. The van der Waals surface area contributed by atoms with Crippen molar-refractivity contribution in [2.45, 2.75) is 13.8 Å². The second-order valence-electron chi connectivity index (χ2n) is 6.19. The van der Waals surface area contributed by atoms with Crippen LogP contribution in [0.2, 0.25) is 10.0 Å². The molecule has 0 unspecified atom stereocenters. The van der Waals surface area contributed by atoms with Crippen molar-refractivity contribution in [3.8, 4) is 5.69 Å². The second-order valence-corrected chi connectivity index (χ2v) is 6.98. The molecule has 1 aromatic heterocycles. The number of urea groups is 1. The minimum atomic E-state index is -0.682. The number of hydrogen-bond acceptors (Lipinski definition) is 4. The molecule has 0 spiro atoms. The Bertz CT molecular complexity index is 1030. The van der Waals surface area contributed by atoms with Crippen LogP contribution < -0.4 is 5.32 Å². The zero-order valence-corrected chi connectivity index (χ0v) is 16.9. The molecular formula is C19H17Cl2N3O4. The van der Waals surface area contributed by atoms with Crippen LogP contribution in [0.5, 0.6) is 0 Å². The number of aromatic nitrogens is 1. The van der Waals surface area contributed by atoms with Gasteiger partial charge >= 0.3 is 12.0 Å². The van der Waals surface area contributed by atoms with Crippen LogP contribution >= 0.6 is 23.2 Å². The molecule has 9 heteroatoms. The Kier molecular flexibility index (Phi) is 5.49. The lowest BCUT2D eigenvalue weighted by atomic mass is 10.2. The highest BCUT2D eigenvalue weighted by Crippen LogP contribution is 2.32. The SMILES string of the molecule is COC(=O)CN1C(=O)NC(=Cc2cc(C)n(-c3cccc(Cl)c3Cl)c2C)C1=O. The first-order chi connectivity index (χ1) is 13.2. The summed E-state index contributed by atoms with van der Waals surface area (Å²) in [5.41, 5.74) is 3.19. The molecule has 1 aliphatic rings. The number of carbonyl (C=O) groups excluding carboxylic acids is 3. The van der Waals surface area contributed by atoms with Crippen molar-refractivity contribution in [1.29, 1.82) is 0 Å². The molecule has 2 aromatic rings. The first-order valence-corrected chi connectivity index (χ1v) is 9.05. The molecule has 1 saturated heterocycles. The fourth-order valence-electron chi connectivity index (χ4n) is 3.03. The smallest absolute Gasteiger partial charge is 0.329 e. The second kappa shape index (κ2) is 7.69. The van der Waals surface area contributed by atoms with Crippen LogP contribution in [0.15, 0.2) is 30.0 Å². The van der Waals surface area contributed by atoms with Gasteiger partial charge in [-0.2, -0.15) is 0 Å². The van der Waals surface area contributed by atoms with Crippen LogP contribution in [0.4, 0.5) is 4.79 Å². The number of halogens is 2. The normalized spacial score (nSPS) is 15.3. The summed E-state index contributed by atoms with van der Waals surface area (Å²) >= 11 is 12.5. The first kappa shape index (κ1) is 20.0. The monoisotopic (exact) mass is 421 g/mol. The summed E-state index contributed by atoms with van der Waals surface area (Å²) in [6.07, 6.45) is 1.56. The maximum Gasteiger partial charge on any atom is 0.329 e. The number of esters is 1. The number of benzene rings is 1. The van der Waals surface area contributed by atoms with Crippen LogP contribution in [-0.4, -0.2) is 41.0 Å². The van der Waals surface area contributed by atoms with Crippen molar-refractivity contribution in [3.63, 3.8) is 0 Å². The third-order valence-electron chi connectivity index (χ3n) is 4.42. The number of aryl methyl sites for hydroxylation is 1. The number of rotatable bonds is 4. The summed E-state index contributed by atoms with van der Waals surface area (Å²) in [6, 6.07) is 6.53. The topological polar surface area (TPSA) is 80.6 Å². The van der Waals surface area contributed by atoms with E-state index in [0.29, 0.717) is 15.7 Å². The highest BCUT2D eigenvalue weighted by molar-refractivity contribution is 6.43. The molecule has 1 N–H and O–H groups in total. The summed E-state index contributed by atoms with van der Waals surface area (Å²) in [4.78, 5) is 36.7. The molecule has 7 nitrogen and oxygen atoms in total. The van der Waals surface area contributed by atoms with E-state index in [9.17, 15) is 14.4 Å². The number of nitrogens with zero attached hydrogens (tertiary/aromatic N) is 2. The molecule has 0 radical (unpaired) electrons. The lowest BCUT2D eigenvalue weighted by molar-refractivity contribution is -0.143.